The van der Waals surface area contributed by atoms with Gasteiger partial charge in [-0.15, -0.1) is 0 Å². The van der Waals surface area contributed by atoms with Gasteiger partial charge in [-0.05, 0) is 47.5 Å². The van der Waals surface area contributed by atoms with Crippen molar-refractivity contribution < 1.29 is 14.3 Å². The zero-order valence-electron chi connectivity index (χ0n) is 18.4. The molecule has 0 N–H and O–H groups in total. The molecule has 0 saturated carbocycles. The lowest BCUT2D eigenvalue weighted by molar-refractivity contribution is -0.135. The summed E-state index contributed by atoms with van der Waals surface area (Å²) >= 11 is 3.46. The molecule has 1 unspecified atom stereocenters. The van der Waals surface area contributed by atoms with E-state index in [4.69, 9.17) is 4.74 Å². The van der Waals surface area contributed by atoms with E-state index < -0.39 is 0 Å². The van der Waals surface area contributed by atoms with E-state index in [-0.39, 0.29) is 18.6 Å². The van der Waals surface area contributed by atoms with Gasteiger partial charge in [-0.25, -0.2) is 5.01 Å². The molecule has 7 heteroatoms. The first-order chi connectivity index (χ1) is 16.0. The van der Waals surface area contributed by atoms with Gasteiger partial charge in [-0.2, -0.15) is 5.10 Å². The van der Waals surface area contributed by atoms with E-state index >= 15 is 0 Å². The Balaban J connectivity index is 1.60. The van der Waals surface area contributed by atoms with Crippen LogP contribution in [0.3, 0.4) is 0 Å². The molecule has 33 heavy (non-hydrogen) atoms. The number of hydrazone groups is 1. The lowest BCUT2D eigenvalue weighted by Crippen LogP contribution is -2.31. The molecule has 4 rings (SSSR count). The van der Waals surface area contributed by atoms with E-state index in [1.165, 1.54) is 5.01 Å². The number of carbonyl (C=O) groups excluding carboxylic acids is 2. The first kappa shape index (κ1) is 22.7. The highest BCUT2D eigenvalue weighted by atomic mass is 79.9. The van der Waals surface area contributed by atoms with Gasteiger partial charge in [-0.3, -0.25) is 9.59 Å². The number of ether oxygens (including phenoxy) is 1. The van der Waals surface area contributed by atoms with Crippen LogP contribution in [0.5, 0.6) is 5.75 Å². The van der Waals surface area contributed by atoms with E-state index in [0.29, 0.717) is 24.0 Å². The van der Waals surface area contributed by atoms with Crippen molar-refractivity contribution in [1.82, 2.24) is 5.01 Å². The summed E-state index contributed by atoms with van der Waals surface area (Å²) in [5.74, 6) is 0.105. The molecule has 1 aliphatic heterocycles. The molecule has 1 amide bonds. The van der Waals surface area contributed by atoms with Gasteiger partial charge in [0, 0.05) is 30.7 Å². The smallest absolute Gasteiger partial charge is 0.281 e. The molecule has 3 aromatic rings. The van der Waals surface area contributed by atoms with Crippen molar-refractivity contribution in [2.45, 2.75) is 12.5 Å². The second-order valence-corrected chi connectivity index (χ2v) is 8.86. The van der Waals surface area contributed by atoms with Crippen molar-refractivity contribution in [3.05, 3.63) is 94.0 Å². The molecule has 1 atom stereocenters. The summed E-state index contributed by atoms with van der Waals surface area (Å²) in [7, 11) is 3.98. The maximum absolute atomic E-state index is 13.2. The van der Waals surface area contributed by atoms with Gasteiger partial charge in [0.25, 0.3) is 5.91 Å². The Morgan fingerprint density at radius 1 is 1.09 bits per heavy atom. The predicted molar refractivity (Wildman–Crippen MR) is 133 cm³/mol. The third-order valence-corrected chi connectivity index (χ3v) is 6.06. The average Bonchev–Trinajstić information content (AvgIpc) is 3.29. The Labute approximate surface area is 201 Å². The molecular weight excluding hydrogens is 482 g/mol. The van der Waals surface area contributed by atoms with Crippen LogP contribution >= 0.6 is 15.9 Å². The molecule has 0 spiro atoms. The lowest BCUT2D eigenvalue weighted by Gasteiger charge is -2.23. The largest absolute Gasteiger partial charge is 0.483 e. The van der Waals surface area contributed by atoms with Crippen LogP contribution in [-0.4, -0.2) is 43.6 Å². The lowest BCUT2D eigenvalue weighted by atomic mass is 9.98. The van der Waals surface area contributed by atoms with Crippen molar-refractivity contribution >= 4 is 39.5 Å². The summed E-state index contributed by atoms with van der Waals surface area (Å²) in [6.07, 6.45) is 1.31. The Kier molecular flexibility index (Phi) is 6.89. The fourth-order valence-electron chi connectivity index (χ4n) is 3.73. The summed E-state index contributed by atoms with van der Waals surface area (Å²) in [6, 6.07) is 22.6. The van der Waals surface area contributed by atoms with Gasteiger partial charge in [0.2, 0.25) is 0 Å². The summed E-state index contributed by atoms with van der Waals surface area (Å²) < 4.78 is 6.67. The number of hydrogen-bond acceptors (Lipinski definition) is 5. The van der Waals surface area contributed by atoms with Crippen LogP contribution in [0.2, 0.25) is 0 Å². The Morgan fingerprint density at radius 3 is 2.45 bits per heavy atom. The molecule has 168 valence electrons. The topological polar surface area (TPSA) is 62.2 Å². The van der Waals surface area contributed by atoms with Crippen LogP contribution < -0.4 is 9.64 Å². The van der Waals surface area contributed by atoms with Gasteiger partial charge in [0.1, 0.15) is 5.75 Å². The number of benzene rings is 3. The second kappa shape index (κ2) is 10.0. The van der Waals surface area contributed by atoms with Crippen molar-refractivity contribution in [2.24, 2.45) is 5.10 Å². The number of para-hydroxylation sites is 1. The Hall–Kier alpha value is -3.45. The predicted octanol–water partition coefficient (Wildman–Crippen LogP) is 5.08. The Morgan fingerprint density at radius 2 is 1.79 bits per heavy atom. The van der Waals surface area contributed by atoms with Crippen molar-refractivity contribution in [2.75, 3.05) is 25.6 Å². The van der Waals surface area contributed by atoms with E-state index in [9.17, 15) is 9.59 Å². The highest BCUT2D eigenvalue weighted by Crippen LogP contribution is 2.34. The molecule has 0 bridgehead atoms. The van der Waals surface area contributed by atoms with Gasteiger partial charge < -0.3 is 9.64 Å². The number of hydrogen-bond donors (Lipinski definition) is 0. The SMILES string of the molecule is CN(C)c1ccc(C2CC(c3ccc(Br)cc3)=NN2C(=O)COc2ccccc2C=O)cc1. The molecule has 6 nitrogen and oxygen atoms in total. The first-order valence-corrected chi connectivity index (χ1v) is 11.4. The molecule has 1 aliphatic rings. The van der Waals surface area contributed by atoms with Crippen LogP contribution in [0.1, 0.15) is 33.9 Å². The van der Waals surface area contributed by atoms with Gasteiger partial charge in [0.15, 0.2) is 12.9 Å². The molecule has 0 aliphatic carbocycles. The van der Waals surface area contributed by atoms with E-state index in [1.807, 2.05) is 67.5 Å². The standard InChI is InChI=1S/C26H24BrN3O3/c1-29(2)22-13-9-19(10-14-22)24-15-23(18-7-11-21(27)12-8-18)28-30(24)26(32)17-33-25-6-4-3-5-20(25)16-31/h3-14,16,24H,15,17H2,1-2H3. The zero-order valence-corrected chi connectivity index (χ0v) is 20.0. The van der Waals surface area contributed by atoms with Crippen LogP contribution in [-0.2, 0) is 4.79 Å². The molecule has 0 radical (unpaired) electrons. The number of rotatable bonds is 7. The summed E-state index contributed by atoms with van der Waals surface area (Å²) in [6.45, 7) is -0.214. The fraction of sp³-hybridized carbons (Fsp3) is 0.192. The number of anilines is 1. The number of carbonyl (C=O) groups is 2. The van der Waals surface area contributed by atoms with Crippen LogP contribution in [0.15, 0.2) is 82.4 Å². The van der Waals surface area contributed by atoms with E-state index in [2.05, 4.69) is 21.0 Å². The Bertz CT molecular complexity index is 1170. The van der Waals surface area contributed by atoms with Crippen molar-refractivity contribution in [3.63, 3.8) is 0 Å². The van der Waals surface area contributed by atoms with Gasteiger partial charge in [-0.1, -0.05) is 52.3 Å². The molecular formula is C26H24BrN3O3. The summed E-state index contributed by atoms with van der Waals surface area (Å²) in [4.78, 5) is 26.5. The average molecular weight is 506 g/mol. The fourth-order valence-corrected chi connectivity index (χ4v) is 3.99. The van der Waals surface area contributed by atoms with E-state index in [1.54, 1.807) is 24.3 Å². The van der Waals surface area contributed by atoms with Crippen LogP contribution in [0.4, 0.5) is 5.69 Å². The third kappa shape index (κ3) is 5.14. The van der Waals surface area contributed by atoms with Crippen molar-refractivity contribution in [3.8, 4) is 5.75 Å². The summed E-state index contributed by atoms with van der Waals surface area (Å²) in [5, 5.41) is 6.19. The zero-order chi connectivity index (χ0) is 23.4. The quantitative estimate of drug-likeness (QED) is 0.419. The number of amides is 1. The highest BCUT2D eigenvalue weighted by Gasteiger charge is 2.33. The first-order valence-electron chi connectivity index (χ1n) is 10.6. The minimum absolute atomic E-state index is 0.214. The second-order valence-electron chi connectivity index (χ2n) is 7.94. The molecule has 3 aromatic carbocycles. The van der Waals surface area contributed by atoms with Crippen LogP contribution in [0.25, 0.3) is 0 Å². The summed E-state index contributed by atoms with van der Waals surface area (Å²) in [5.41, 5.74) is 4.29. The molecule has 0 fully saturated rings. The maximum atomic E-state index is 13.2. The molecule has 0 aromatic heterocycles. The minimum atomic E-state index is -0.274. The van der Waals surface area contributed by atoms with Crippen molar-refractivity contribution in [1.29, 1.82) is 0 Å². The molecule has 0 saturated heterocycles. The number of aldehydes is 1. The number of halogens is 1. The van der Waals surface area contributed by atoms with Gasteiger partial charge >= 0.3 is 0 Å². The van der Waals surface area contributed by atoms with E-state index in [0.717, 1.165) is 27.0 Å². The number of nitrogens with zero attached hydrogens (tertiary/aromatic N) is 3. The van der Waals surface area contributed by atoms with Crippen LogP contribution in [0, 0.1) is 0 Å². The minimum Gasteiger partial charge on any atom is -0.483 e. The maximum Gasteiger partial charge on any atom is 0.281 e. The van der Waals surface area contributed by atoms with Gasteiger partial charge in [0.05, 0.1) is 17.3 Å². The monoisotopic (exact) mass is 505 g/mol. The normalized spacial score (nSPS) is 15.2. The third-order valence-electron chi connectivity index (χ3n) is 5.53. The highest BCUT2D eigenvalue weighted by molar-refractivity contribution is 9.10. The molecule has 1 heterocycles.